The van der Waals surface area contributed by atoms with Gasteiger partial charge < -0.3 is 14.7 Å². The predicted molar refractivity (Wildman–Crippen MR) is 261 cm³/mol. The standard InChI is InChI=1S/C57H56BN3/c1-54(2,3)39-28-30-47(43(34-39)38-20-11-9-12-21-38)60-50-27-18-16-25-46(50)58-45-24-15-17-26-49(45)59(41-22-13-10-14-23-41)51-36-42(37-52(60)53(51)58)61-48-31-29-40(55(4,5)6)35-44(48)56(7)32-19-33-57(56,61)8/h9-18,20-31,34-37H,19,32-33H2,1-8H3. The summed E-state index contributed by atoms with van der Waals surface area (Å²) >= 11 is 0. The number of nitrogens with zero attached hydrogens (tertiary/aromatic N) is 3. The minimum absolute atomic E-state index is 0.00862. The first kappa shape index (κ1) is 38.0. The zero-order chi connectivity index (χ0) is 42.1. The summed E-state index contributed by atoms with van der Waals surface area (Å²) in [7, 11) is 0. The second-order valence-electron chi connectivity index (χ2n) is 20.6. The Balaban J connectivity index is 1.26. The molecule has 0 radical (unpaired) electrons. The molecule has 0 spiro atoms. The smallest absolute Gasteiger partial charge is 0.252 e. The van der Waals surface area contributed by atoms with Crippen LogP contribution in [0.2, 0.25) is 0 Å². The van der Waals surface area contributed by atoms with Crippen LogP contribution in [0, 0.1) is 0 Å². The van der Waals surface area contributed by atoms with E-state index in [-0.39, 0.29) is 28.5 Å². The third kappa shape index (κ3) is 5.50. The molecule has 0 bridgehead atoms. The molecule has 1 fully saturated rings. The van der Waals surface area contributed by atoms with Gasteiger partial charge in [-0.05, 0) is 124 Å². The molecule has 1 saturated carbocycles. The van der Waals surface area contributed by atoms with E-state index in [4.69, 9.17) is 0 Å². The van der Waals surface area contributed by atoms with Gasteiger partial charge in [0.25, 0.3) is 6.71 Å². The Morgan fingerprint density at radius 2 is 1.02 bits per heavy atom. The van der Waals surface area contributed by atoms with Crippen LogP contribution in [-0.2, 0) is 16.2 Å². The number of hydrogen-bond acceptors (Lipinski definition) is 3. The van der Waals surface area contributed by atoms with Crippen molar-refractivity contribution in [2.75, 3.05) is 14.7 Å². The van der Waals surface area contributed by atoms with E-state index < -0.39 is 0 Å². The molecule has 0 N–H and O–H groups in total. The van der Waals surface area contributed by atoms with Crippen molar-refractivity contribution < 1.29 is 0 Å². The van der Waals surface area contributed by atoms with Gasteiger partial charge in [-0.15, -0.1) is 0 Å². The third-order valence-electron chi connectivity index (χ3n) is 15.1. The van der Waals surface area contributed by atoms with Crippen molar-refractivity contribution in [3.8, 4) is 11.1 Å². The molecule has 7 aromatic carbocycles. The molecule has 3 aliphatic heterocycles. The summed E-state index contributed by atoms with van der Waals surface area (Å²) in [5.74, 6) is 0. The van der Waals surface area contributed by atoms with Gasteiger partial charge >= 0.3 is 0 Å². The van der Waals surface area contributed by atoms with Crippen molar-refractivity contribution in [3.63, 3.8) is 0 Å². The fourth-order valence-electron chi connectivity index (χ4n) is 11.6. The van der Waals surface area contributed by atoms with Crippen LogP contribution in [0.3, 0.4) is 0 Å². The first-order chi connectivity index (χ1) is 29.3. The van der Waals surface area contributed by atoms with Crippen molar-refractivity contribution >= 4 is 68.6 Å². The lowest BCUT2D eigenvalue weighted by Gasteiger charge is -2.47. The van der Waals surface area contributed by atoms with E-state index in [1.54, 1.807) is 0 Å². The van der Waals surface area contributed by atoms with Crippen molar-refractivity contribution in [3.05, 3.63) is 174 Å². The quantitative estimate of drug-likeness (QED) is 0.164. The van der Waals surface area contributed by atoms with Gasteiger partial charge in [0, 0.05) is 50.8 Å². The molecule has 3 heterocycles. The molecular formula is C57H56BN3. The van der Waals surface area contributed by atoms with E-state index in [1.807, 2.05) is 0 Å². The van der Waals surface area contributed by atoms with Crippen LogP contribution in [0.15, 0.2) is 158 Å². The van der Waals surface area contributed by atoms with Crippen LogP contribution < -0.4 is 31.1 Å². The zero-order valence-electron chi connectivity index (χ0n) is 37.1. The highest BCUT2D eigenvalue weighted by Gasteiger charge is 2.60. The summed E-state index contributed by atoms with van der Waals surface area (Å²) in [6.07, 6.45) is 3.54. The molecule has 3 nitrogen and oxygen atoms in total. The van der Waals surface area contributed by atoms with Crippen LogP contribution in [-0.4, -0.2) is 12.3 Å². The Morgan fingerprint density at radius 1 is 0.475 bits per heavy atom. The molecule has 302 valence electrons. The van der Waals surface area contributed by atoms with Crippen molar-refractivity contribution in [2.24, 2.45) is 0 Å². The summed E-state index contributed by atoms with van der Waals surface area (Å²) in [5, 5.41) is 0. The summed E-state index contributed by atoms with van der Waals surface area (Å²) in [4.78, 5) is 7.95. The van der Waals surface area contributed by atoms with Crippen LogP contribution in [0.25, 0.3) is 11.1 Å². The Morgan fingerprint density at radius 3 is 1.66 bits per heavy atom. The molecular weight excluding hydrogens is 737 g/mol. The lowest BCUT2D eigenvalue weighted by Crippen LogP contribution is -2.61. The Labute approximate surface area is 363 Å². The number of fused-ring (bicyclic) bond motifs is 7. The summed E-state index contributed by atoms with van der Waals surface area (Å²) in [6, 6.07) is 60.2. The van der Waals surface area contributed by atoms with Crippen LogP contribution in [0.4, 0.5) is 45.5 Å². The van der Waals surface area contributed by atoms with E-state index in [9.17, 15) is 0 Å². The highest BCUT2D eigenvalue weighted by Crippen LogP contribution is 2.63. The maximum Gasteiger partial charge on any atom is 0.252 e. The maximum atomic E-state index is 2.77. The number of para-hydroxylation sites is 3. The van der Waals surface area contributed by atoms with E-state index >= 15 is 0 Å². The van der Waals surface area contributed by atoms with Gasteiger partial charge in [-0.2, -0.15) is 0 Å². The molecule has 7 aromatic rings. The van der Waals surface area contributed by atoms with Crippen LogP contribution >= 0.6 is 0 Å². The number of hydrogen-bond donors (Lipinski definition) is 0. The van der Waals surface area contributed by atoms with Crippen LogP contribution in [0.1, 0.15) is 91.3 Å². The molecule has 4 heteroatoms. The molecule has 0 aromatic heterocycles. The van der Waals surface area contributed by atoms with Gasteiger partial charge in [-0.1, -0.05) is 158 Å². The first-order valence-electron chi connectivity index (χ1n) is 22.4. The van der Waals surface area contributed by atoms with Gasteiger partial charge in [-0.3, -0.25) is 0 Å². The lowest BCUT2D eigenvalue weighted by molar-refractivity contribution is 0.330. The number of anilines is 8. The average molecular weight is 794 g/mol. The largest absolute Gasteiger partial charge is 0.334 e. The van der Waals surface area contributed by atoms with E-state index in [0.29, 0.717) is 0 Å². The Hall–Kier alpha value is -6.00. The normalized spacial score (nSPS) is 19.9. The molecule has 11 rings (SSSR count). The van der Waals surface area contributed by atoms with Crippen molar-refractivity contribution in [2.45, 2.75) is 96.4 Å². The SMILES string of the molecule is CC(C)(C)c1ccc(N2c3ccccc3B3c4ccccc4N(c4ccccc4)c4cc(N5c6ccc(C(C)(C)C)cc6C6(C)CCCC56C)cc2c43)c(-c2ccccc2)c1. The molecule has 61 heavy (non-hydrogen) atoms. The second kappa shape index (κ2) is 13.3. The van der Waals surface area contributed by atoms with Gasteiger partial charge in [-0.25, -0.2) is 0 Å². The molecule has 2 atom stereocenters. The fraction of sp³-hybridized carbons (Fsp3) is 0.263. The van der Waals surface area contributed by atoms with Crippen molar-refractivity contribution in [1.29, 1.82) is 0 Å². The number of benzene rings is 7. The summed E-state index contributed by atoms with van der Waals surface area (Å²) < 4.78 is 0. The highest BCUT2D eigenvalue weighted by molar-refractivity contribution is 7.00. The summed E-state index contributed by atoms with van der Waals surface area (Å²) in [5.41, 5.74) is 20.6. The first-order valence-corrected chi connectivity index (χ1v) is 22.4. The molecule has 1 aliphatic carbocycles. The van der Waals surface area contributed by atoms with E-state index in [0.717, 1.165) is 6.42 Å². The van der Waals surface area contributed by atoms with Crippen molar-refractivity contribution in [1.82, 2.24) is 0 Å². The topological polar surface area (TPSA) is 9.72 Å². The monoisotopic (exact) mass is 793 g/mol. The Kier molecular flexibility index (Phi) is 8.25. The van der Waals surface area contributed by atoms with Gasteiger partial charge in [0.05, 0.1) is 11.2 Å². The minimum Gasteiger partial charge on any atom is -0.334 e. The van der Waals surface area contributed by atoms with Gasteiger partial charge in [0.15, 0.2) is 0 Å². The predicted octanol–water partition coefficient (Wildman–Crippen LogP) is 13.4. The highest BCUT2D eigenvalue weighted by atomic mass is 15.3. The second-order valence-corrected chi connectivity index (χ2v) is 20.6. The third-order valence-corrected chi connectivity index (χ3v) is 15.1. The molecule has 0 amide bonds. The lowest BCUT2D eigenvalue weighted by atomic mass is 9.33. The number of rotatable bonds is 4. The van der Waals surface area contributed by atoms with E-state index in [1.165, 1.54) is 103 Å². The van der Waals surface area contributed by atoms with Crippen LogP contribution in [0.5, 0.6) is 0 Å². The molecule has 0 saturated heterocycles. The molecule has 2 unspecified atom stereocenters. The van der Waals surface area contributed by atoms with Gasteiger partial charge in [0.1, 0.15) is 0 Å². The van der Waals surface area contributed by atoms with E-state index in [2.05, 4.69) is 228 Å². The zero-order valence-corrected chi connectivity index (χ0v) is 37.1. The summed E-state index contributed by atoms with van der Waals surface area (Å²) in [6.45, 7) is 19.2. The Bertz CT molecular complexity index is 2870. The maximum absolute atomic E-state index is 2.77. The fourth-order valence-corrected chi connectivity index (χ4v) is 11.6. The minimum atomic E-state index is -0.0999. The molecule has 4 aliphatic rings. The average Bonchev–Trinajstić information content (AvgIpc) is 3.66. The van der Waals surface area contributed by atoms with Gasteiger partial charge in [0.2, 0.25) is 0 Å².